The summed E-state index contributed by atoms with van der Waals surface area (Å²) in [5.74, 6) is 0.801. The van der Waals surface area contributed by atoms with E-state index in [1.54, 1.807) is 7.11 Å². The first-order valence-electron chi connectivity index (χ1n) is 18.8. The van der Waals surface area contributed by atoms with Crippen LogP contribution in [0.1, 0.15) is 178 Å². The van der Waals surface area contributed by atoms with Crippen molar-refractivity contribution in [3.05, 3.63) is 29.8 Å². The van der Waals surface area contributed by atoms with Crippen molar-refractivity contribution in [3.8, 4) is 5.75 Å². The Hall–Kier alpha value is -1.55. The lowest BCUT2D eigenvalue weighted by atomic mass is 10.0. The van der Waals surface area contributed by atoms with Crippen molar-refractivity contribution < 1.29 is 14.0 Å². The molecule has 0 aliphatic heterocycles. The summed E-state index contributed by atoms with van der Waals surface area (Å²) in [6.07, 6.45) is 33.5. The number of hydrogen-bond donors (Lipinski definition) is 1. The molecule has 0 bridgehead atoms. The molecule has 1 amide bonds. The number of ether oxygens (including phenoxy) is 1. The number of amides is 1. The maximum absolute atomic E-state index is 12.7. The number of unbranched alkanes of at least 4 members (excludes halogenated alkanes) is 22. The first kappa shape index (κ1) is 39.5. The van der Waals surface area contributed by atoms with Crippen molar-refractivity contribution in [2.75, 3.05) is 40.3 Å². The van der Waals surface area contributed by atoms with Crippen LogP contribution in [-0.4, -0.2) is 50.7 Å². The van der Waals surface area contributed by atoms with E-state index in [0.717, 1.165) is 23.3 Å². The summed E-state index contributed by atoms with van der Waals surface area (Å²) in [5, 5.41) is 3.19. The Morgan fingerprint density at radius 1 is 0.558 bits per heavy atom. The molecule has 4 nitrogen and oxygen atoms in total. The molecular formula is C39H73N2O2+. The van der Waals surface area contributed by atoms with Gasteiger partial charge in [0.2, 0.25) is 0 Å². The molecule has 1 aromatic carbocycles. The van der Waals surface area contributed by atoms with E-state index >= 15 is 0 Å². The van der Waals surface area contributed by atoms with E-state index in [2.05, 4.69) is 26.2 Å². The fraction of sp³-hybridized carbons (Fsp3) is 0.821. The lowest BCUT2D eigenvalue weighted by Crippen LogP contribution is -2.50. The Morgan fingerprint density at radius 3 is 1.26 bits per heavy atom. The topological polar surface area (TPSA) is 38.3 Å². The molecule has 0 unspecified atom stereocenters. The largest absolute Gasteiger partial charge is 0.497 e. The molecule has 0 fully saturated rings. The highest BCUT2D eigenvalue weighted by Crippen LogP contribution is 2.16. The van der Waals surface area contributed by atoms with Crippen LogP contribution < -0.4 is 10.1 Å². The van der Waals surface area contributed by atoms with Crippen molar-refractivity contribution in [1.29, 1.82) is 0 Å². The van der Waals surface area contributed by atoms with Gasteiger partial charge in [0.15, 0.2) is 0 Å². The molecule has 1 aromatic rings. The normalized spacial score (nSPS) is 11.6. The summed E-state index contributed by atoms with van der Waals surface area (Å²) in [5.41, 5.74) is 0.705. The number of nitrogens with zero attached hydrogens (tertiary/aromatic N) is 1. The van der Waals surface area contributed by atoms with Gasteiger partial charge in [0, 0.05) is 5.56 Å². The van der Waals surface area contributed by atoms with Gasteiger partial charge in [0.1, 0.15) is 5.75 Å². The summed E-state index contributed by atoms with van der Waals surface area (Å²) in [7, 11) is 4.08. The number of carbonyl (C=O) groups is 1. The van der Waals surface area contributed by atoms with Crippen molar-refractivity contribution >= 4 is 5.91 Å². The second-order valence-electron chi connectivity index (χ2n) is 13.6. The minimum Gasteiger partial charge on any atom is -0.497 e. The molecule has 1 rings (SSSR count). The Balaban J connectivity index is 2.31. The molecule has 0 spiro atoms. The van der Waals surface area contributed by atoms with Crippen LogP contribution in [-0.2, 0) is 0 Å². The molecule has 0 saturated carbocycles. The summed E-state index contributed by atoms with van der Waals surface area (Å²) < 4.78 is 6.31. The van der Waals surface area contributed by atoms with E-state index < -0.39 is 0 Å². The molecule has 0 aromatic heterocycles. The number of nitrogens with one attached hydrogen (secondary N) is 1. The van der Waals surface area contributed by atoms with Crippen LogP contribution in [0, 0.1) is 0 Å². The van der Waals surface area contributed by atoms with Crippen LogP contribution >= 0.6 is 0 Å². The third-order valence-corrected chi connectivity index (χ3v) is 9.39. The van der Waals surface area contributed by atoms with Crippen molar-refractivity contribution in [2.45, 2.75) is 168 Å². The van der Waals surface area contributed by atoms with Gasteiger partial charge < -0.3 is 14.5 Å². The van der Waals surface area contributed by atoms with E-state index in [1.165, 1.54) is 167 Å². The van der Waals surface area contributed by atoms with Crippen LogP contribution in [0.15, 0.2) is 24.3 Å². The molecule has 0 aliphatic carbocycles. The molecule has 0 atom stereocenters. The zero-order valence-corrected chi connectivity index (χ0v) is 29.4. The standard InChI is InChI=1S/C39H72N2O2/c1-5-7-9-11-13-15-17-19-21-23-25-27-34-41(3,35-28-26-24-22-20-18-16-14-12-10-8-6-2)36-33-40-39(42)37-29-31-38(43-4)32-30-37/h29-32H,5-28,33-36H2,1-4H3/p+1. The molecular weight excluding hydrogens is 528 g/mol. The molecule has 43 heavy (non-hydrogen) atoms. The monoisotopic (exact) mass is 602 g/mol. The second-order valence-corrected chi connectivity index (χ2v) is 13.6. The molecule has 4 heteroatoms. The summed E-state index contributed by atoms with van der Waals surface area (Å²) in [4.78, 5) is 12.7. The average Bonchev–Trinajstić information content (AvgIpc) is 3.02. The minimum atomic E-state index is 0.0185. The second kappa shape index (κ2) is 28.0. The first-order valence-corrected chi connectivity index (χ1v) is 18.8. The highest BCUT2D eigenvalue weighted by molar-refractivity contribution is 5.94. The fourth-order valence-corrected chi connectivity index (χ4v) is 6.29. The molecule has 0 radical (unpaired) electrons. The number of rotatable bonds is 31. The maximum atomic E-state index is 12.7. The van der Waals surface area contributed by atoms with E-state index in [-0.39, 0.29) is 5.91 Å². The van der Waals surface area contributed by atoms with Gasteiger partial charge in [0.05, 0.1) is 40.3 Å². The van der Waals surface area contributed by atoms with Gasteiger partial charge >= 0.3 is 0 Å². The third kappa shape index (κ3) is 22.6. The smallest absolute Gasteiger partial charge is 0.251 e. The highest BCUT2D eigenvalue weighted by atomic mass is 16.5. The van der Waals surface area contributed by atoms with E-state index in [0.29, 0.717) is 5.56 Å². The number of quaternary nitrogens is 1. The van der Waals surface area contributed by atoms with E-state index in [9.17, 15) is 4.79 Å². The van der Waals surface area contributed by atoms with Gasteiger partial charge in [0.25, 0.3) is 5.91 Å². The Morgan fingerprint density at radius 2 is 0.907 bits per heavy atom. The van der Waals surface area contributed by atoms with Crippen LogP contribution in [0.2, 0.25) is 0 Å². The lowest BCUT2D eigenvalue weighted by molar-refractivity contribution is -0.908. The van der Waals surface area contributed by atoms with Crippen LogP contribution in [0.4, 0.5) is 0 Å². The fourth-order valence-electron chi connectivity index (χ4n) is 6.29. The predicted molar refractivity (Wildman–Crippen MR) is 188 cm³/mol. The van der Waals surface area contributed by atoms with E-state index in [4.69, 9.17) is 4.74 Å². The van der Waals surface area contributed by atoms with Crippen molar-refractivity contribution in [2.24, 2.45) is 0 Å². The molecule has 1 N–H and O–H groups in total. The van der Waals surface area contributed by atoms with Crippen LogP contribution in [0.3, 0.4) is 0 Å². The number of benzene rings is 1. The number of hydrogen-bond acceptors (Lipinski definition) is 2. The Labute approximate surface area is 268 Å². The molecule has 0 heterocycles. The third-order valence-electron chi connectivity index (χ3n) is 9.39. The van der Waals surface area contributed by atoms with Crippen molar-refractivity contribution in [3.63, 3.8) is 0 Å². The molecule has 0 aliphatic rings. The van der Waals surface area contributed by atoms with Gasteiger partial charge in [-0.1, -0.05) is 142 Å². The van der Waals surface area contributed by atoms with Gasteiger partial charge in [-0.15, -0.1) is 0 Å². The summed E-state index contributed by atoms with van der Waals surface area (Å²) in [6.45, 7) is 8.79. The average molecular weight is 602 g/mol. The number of carbonyl (C=O) groups excluding carboxylic acids is 1. The van der Waals surface area contributed by atoms with Crippen molar-refractivity contribution in [1.82, 2.24) is 5.32 Å². The van der Waals surface area contributed by atoms with Gasteiger partial charge in [-0.25, -0.2) is 0 Å². The zero-order valence-electron chi connectivity index (χ0n) is 29.4. The lowest BCUT2D eigenvalue weighted by Gasteiger charge is -2.35. The zero-order chi connectivity index (χ0) is 31.3. The van der Waals surface area contributed by atoms with Gasteiger partial charge in [-0.2, -0.15) is 0 Å². The predicted octanol–water partition coefficient (Wildman–Crippen LogP) is 11.3. The Kier molecular flexibility index (Phi) is 25.7. The minimum absolute atomic E-state index is 0.0185. The Bertz CT molecular complexity index is 720. The number of methoxy groups -OCH3 is 1. The van der Waals surface area contributed by atoms with Crippen LogP contribution in [0.25, 0.3) is 0 Å². The summed E-state index contributed by atoms with van der Waals surface area (Å²) >= 11 is 0. The highest BCUT2D eigenvalue weighted by Gasteiger charge is 2.21. The quantitative estimate of drug-likeness (QED) is 0.0679. The number of likely N-dealkylation sites (N-methyl/N-ethyl adjacent to an activating group) is 1. The SMILES string of the molecule is CCCCCCCCCCCCCC[N+](C)(CCCCCCCCCCCCCC)CCNC(=O)c1ccc(OC)cc1. The molecule has 0 saturated heterocycles. The van der Waals surface area contributed by atoms with E-state index in [1.807, 2.05) is 24.3 Å². The van der Waals surface area contributed by atoms with Crippen LogP contribution in [0.5, 0.6) is 5.75 Å². The first-order chi connectivity index (χ1) is 21.0. The molecule has 250 valence electrons. The van der Waals surface area contributed by atoms with Gasteiger partial charge in [-0.3, -0.25) is 4.79 Å². The van der Waals surface area contributed by atoms with Gasteiger partial charge in [-0.05, 0) is 49.9 Å². The maximum Gasteiger partial charge on any atom is 0.251 e. The summed E-state index contributed by atoms with van der Waals surface area (Å²) in [6, 6.07) is 7.41.